The number of rotatable bonds is 5. The number of hydrogen-bond acceptors (Lipinski definition) is 4. The fourth-order valence-corrected chi connectivity index (χ4v) is 2.11. The van der Waals surface area contributed by atoms with E-state index in [1.54, 1.807) is 30.3 Å². The highest BCUT2D eigenvalue weighted by Crippen LogP contribution is 2.39. The van der Waals surface area contributed by atoms with Gasteiger partial charge in [-0.15, -0.1) is 0 Å². The zero-order valence-electron chi connectivity index (χ0n) is 11.2. The minimum Gasteiger partial charge on any atom is -0.481 e. The Kier molecular flexibility index (Phi) is 3.43. The second-order valence-corrected chi connectivity index (χ2v) is 5.07. The number of benzene rings is 1. The average molecular weight is 286 g/mol. The molecular formula is C15H14N2O4. The van der Waals surface area contributed by atoms with Gasteiger partial charge in [0.15, 0.2) is 0 Å². The van der Waals surface area contributed by atoms with Crippen LogP contribution in [0.4, 0.5) is 5.69 Å². The van der Waals surface area contributed by atoms with Crippen molar-refractivity contribution in [3.63, 3.8) is 0 Å². The molecule has 0 spiro atoms. The minimum atomic E-state index is -0.951. The van der Waals surface area contributed by atoms with Crippen LogP contribution in [-0.2, 0) is 11.2 Å². The number of carbonyl (C=O) groups excluding carboxylic acids is 1. The van der Waals surface area contributed by atoms with Crippen molar-refractivity contribution in [2.45, 2.75) is 25.2 Å². The number of nitrogens with one attached hydrogen (secondary N) is 1. The third-order valence-corrected chi connectivity index (χ3v) is 3.36. The number of carboxylic acids is 1. The van der Waals surface area contributed by atoms with Crippen molar-refractivity contribution < 1.29 is 19.2 Å². The van der Waals surface area contributed by atoms with E-state index in [-0.39, 0.29) is 12.2 Å². The SMILES string of the molecule is O=C(O)Cc1ccccc1NC(=O)c1cc(C2CC2)no1. The highest BCUT2D eigenvalue weighted by atomic mass is 16.5. The van der Waals surface area contributed by atoms with Crippen molar-refractivity contribution in [2.75, 3.05) is 5.32 Å². The summed E-state index contributed by atoms with van der Waals surface area (Å²) in [7, 11) is 0. The second kappa shape index (κ2) is 5.40. The zero-order chi connectivity index (χ0) is 14.8. The van der Waals surface area contributed by atoms with E-state index in [9.17, 15) is 9.59 Å². The third kappa shape index (κ3) is 3.10. The second-order valence-electron chi connectivity index (χ2n) is 5.07. The van der Waals surface area contributed by atoms with Gasteiger partial charge in [-0.05, 0) is 24.5 Å². The van der Waals surface area contributed by atoms with Gasteiger partial charge in [0.25, 0.3) is 5.91 Å². The highest BCUT2D eigenvalue weighted by Gasteiger charge is 2.28. The fourth-order valence-electron chi connectivity index (χ4n) is 2.11. The van der Waals surface area contributed by atoms with E-state index in [4.69, 9.17) is 9.63 Å². The number of nitrogens with zero attached hydrogens (tertiary/aromatic N) is 1. The van der Waals surface area contributed by atoms with Gasteiger partial charge in [-0.3, -0.25) is 9.59 Å². The molecule has 6 heteroatoms. The predicted molar refractivity (Wildman–Crippen MR) is 74.2 cm³/mol. The number of para-hydroxylation sites is 1. The summed E-state index contributed by atoms with van der Waals surface area (Å²) in [6.45, 7) is 0. The summed E-state index contributed by atoms with van der Waals surface area (Å²) < 4.78 is 5.04. The van der Waals surface area contributed by atoms with Gasteiger partial charge in [0, 0.05) is 17.7 Å². The molecule has 21 heavy (non-hydrogen) atoms. The summed E-state index contributed by atoms with van der Waals surface area (Å²) in [5.41, 5.74) is 1.81. The van der Waals surface area contributed by atoms with Crippen molar-refractivity contribution in [1.82, 2.24) is 5.16 Å². The number of hydrogen-bond donors (Lipinski definition) is 2. The first-order valence-electron chi connectivity index (χ1n) is 6.71. The first-order valence-corrected chi connectivity index (χ1v) is 6.71. The van der Waals surface area contributed by atoms with Crippen LogP contribution >= 0.6 is 0 Å². The first kappa shape index (κ1) is 13.4. The molecule has 1 saturated carbocycles. The van der Waals surface area contributed by atoms with Crippen LogP contribution in [0.25, 0.3) is 0 Å². The summed E-state index contributed by atoms with van der Waals surface area (Å²) in [6, 6.07) is 8.44. The molecule has 0 unspecified atom stereocenters. The standard InChI is InChI=1S/C15H14N2O4/c18-14(19)7-10-3-1-2-4-11(10)16-15(20)13-8-12(17-21-13)9-5-6-9/h1-4,8-9H,5-7H2,(H,16,20)(H,18,19). The Balaban J connectivity index is 1.75. The zero-order valence-corrected chi connectivity index (χ0v) is 11.2. The van der Waals surface area contributed by atoms with E-state index >= 15 is 0 Å². The van der Waals surface area contributed by atoms with E-state index in [1.165, 1.54) is 0 Å². The van der Waals surface area contributed by atoms with Crippen LogP contribution in [0.15, 0.2) is 34.9 Å². The predicted octanol–water partition coefficient (Wildman–Crippen LogP) is 2.43. The highest BCUT2D eigenvalue weighted by molar-refractivity contribution is 6.02. The van der Waals surface area contributed by atoms with Crippen LogP contribution in [0.2, 0.25) is 0 Å². The van der Waals surface area contributed by atoms with Gasteiger partial charge in [0.1, 0.15) is 0 Å². The Labute approximate surface area is 120 Å². The number of carbonyl (C=O) groups is 2. The van der Waals surface area contributed by atoms with Crippen molar-refractivity contribution in [3.8, 4) is 0 Å². The molecule has 1 aromatic carbocycles. The summed E-state index contributed by atoms with van der Waals surface area (Å²) in [4.78, 5) is 22.9. The Bertz CT molecular complexity index is 688. The number of anilines is 1. The minimum absolute atomic E-state index is 0.141. The largest absolute Gasteiger partial charge is 0.481 e. The van der Waals surface area contributed by atoms with E-state index in [2.05, 4.69) is 10.5 Å². The fraction of sp³-hybridized carbons (Fsp3) is 0.267. The molecule has 2 N–H and O–H groups in total. The van der Waals surface area contributed by atoms with Crippen LogP contribution in [0.1, 0.15) is 40.6 Å². The maximum Gasteiger partial charge on any atom is 0.307 e. The normalized spacial score (nSPS) is 13.9. The maximum absolute atomic E-state index is 12.1. The Morgan fingerprint density at radius 1 is 1.33 bits per heavy atom. The summed E-state index contributed by atoms with van der Waals surface area (Å²) >= 11 is 0. The molecule has 0 radical (unpaired) electrons. The molecular weight excluding hydrogens is 272 g/mol. The molecule has 1 aliphatic rings. The Morgan fingerprint density at radius 2 is 2.10 bits per heavy atom. The maximum atomic E-state index is 12.1. The molecule has 0 aliphatic heterocycles. The molecule has 6 nitrogen and oxygen atoms in total. The number of carboxylic acid groups (broad SMARTS) is 1. The molecule has 2 aromatic rings. The van der Waals surface area contributed by atoms with Gasteiger partial charge in [-0.2, -0.15) is 0 Å². The Hall–Kier alpha value is -2.63. The molecule has 0 atom stereocenters. The lowest BCUT2D eigenvalue weighted by Crippen LogP contribution is -2.13. The van der Waals surface area contributed by atoms with Gasteiger partial charge >= 0.3 is 5.97 Å². The molecule has 3 rings (SSSR count). The van der Waals surface area contributed by atoms with Gasteiger partial charge in [-0.25, -0.2) is 0 Å². The van der Waals surface area contributed by atoms with Gasteiger partial charge in [0.2, 0.25) is 5.76 Å². The van der Waals surface area contributed by atoms with Gasteiger partial charge in [0.05, 0.1) is 12.1 Å². The molecule has 1 aromatic heterocycles. The van der Waals surface area contributed by atoms with Crippen molar-refractivity contribution in [3.05, 3.63) is 47.3 Å². The summed E-state index contributed by atoms with van der Waals surface area (Å²) in [5.74, 6) is -0.823. The average Bonchev–Trinajstić information content (AvgIpc) is 3.18. The lowest BCUT2D eigenvalue weighted by molar-refractivity contribution is -0.136. The summed E-state index contributed by atoms with van der Waals surface area (Å²) in [5, 5.41) is 15.4. The van der Waals surface area contributed by atoms with Crippen LogP contribution in [-0.4, -0.2) is 22.1 Å². The molecule has 1 aliphatic carbocycles. The van der Waals surface area contributed by atoms with Gasteiger partial charge in [-0.1, -0.05) is 23.4 Å². The number of amides is 1. The lowest BCUT2D eigenvalue weighted by Gasteiger charge is -2.07. The molecule has 1 heterocycles. The summed E-state index contributed by atoms with van der Waals surface area (Å²) in [6.07, 6.45) is 2.00. The molecule has 0 saturated heterocycles. The van der Waals surface area contributed by atoms with Crippen LogP contribution in [0.5, 0.6) is 0 Å². The monoisotopic (exact) mass is 286 g/mol. The molecule has 0 bridgehead atoms. The molecule has 108 valence electrons. The first-order chi connectivity index (χ1) is 10.1. The van der Waals surface area contributed by atoms with E-state index < -0.39 is 11.9 Å². The quantitative estimate of drug-likeness (QED) is 0.880. The molecule has 1 fully saturated rings. The van der Waals surface area contributed by atoms with Crippen molar-refractivity contribution in [1.29, 1.82) is 0 Å². The van der Waals surface area contributed by atoms with Crippen molar-refractivity contribution in [2.24, 2.45) is 0 Å². The molecule has 1 amide bonds. The smallest absolute Gasteiger partial charge is 0.307 e. The number of aromatic nitrogens is 1. The number of aliphatic carboxylic acids is 1. The van der Waals surface area contributed by atoms with Crippen molar-refractivity contribution >= 4 is 17.6 Å². The van der Waals surface area contributed by atoms with Crippen LogP contribution in [0.3, 0.4) is 0 Å². The van der Waals surface area contributed by atoms with Crippen LogP contribution < -0.4 is 5.32 Å². The Morgan fingerprint density at radius 3 is 2.81 bits per heavy atom. The topological polar surface area (TPSA) is 92.4 Å². The van der Waals surface area contributed by atoms with Gasteiger partial charge < -0.3 is 14.9 Å². The lowest BCUT2D eigenvalue weighted by atomic mass is 10.1. The van der Waals surface area contributed by atoms with E-state index in [0.717, 1.165) is 18.5 Å². The third-order valence-electron chi connectivity index (χ3n) is 3.36. The van der Waals surface area contributed by atoms with E-state index in [1.807, 2.05) is 0 Å². The van der Waals surface area contributed by atoms with Crippen LogP contribution in [0, 0.1) is 0 Å². The van der Waals surface area contributed by atoms with E-state index in [0.29, 0.717) is 17.2 Å².